The lowest BCUT2D eigenvalue weighted by Crippen LogP contribution is -2.28. The highest BCUT2D eigenvalue weighted by Gasteiger charge is 2.22. The minimum atomic E-state index is -1.57. The Morgan fingerprint density at radius 3 is 1.25 bits per heavy atom. The highest BCUT2D eigenvalue weighted by Crippen LogP contribution is 2.13. The van der Waals surface area contributed by atoms with Gasteiger partial charge in [0.1, 0.15) is 0 Å². The first-order valence-corrected chi connectivity index (χ1v) is 5.99. The van der Waals surface area contributed by atoms with Gasteiger partial charge in [0.2, 0.25) is 11.6 Å². The smallest absolute Gasteiger partial charge is 0.340 e. The SMILES string of the molecule is CC(C)(O)OC(=O)c1ccc(C(=O)OC(C)(C)O)cc1. The molecule has 0 saturated carbocycles. The van der Waals surface area contributed by atoms with Crippen LogP contribution in [0.3, 0.4) is 0 Å². The van der Waals surface area contributed by atoms with Gasteiger partial charge in [-0.25, -0.2) is 9.59 Å². The first-order chi connectivity index (χ1) is 8.98. The van der Waals surface area contributed by atoms with Gasteiger partial charge >= 0.3 is 11.9 Å². The normalized spacial score (nSPS) is 11.9. The van der Waals surface area contributed by atoms with Crippen molar-refractivity contribution in [2.45, 2.75) is 39.3 Å². The molecule has 0 spiro atoms. The molecule has 1 rings (SSSR count). The second-order valence-electron chi connectivity index (χ2n) is 5.25. The number of aliphatic hydroxyl groups is 2. The van der Waals surface area contributed by atoms with Crippen molar-refractivity contribution < 1.29 is 29.3 Å². The van der Waals surface area contributed by atoms with Crippen molar-refractivity contribution >= 4 is 11.9 Å². The van der Waals surface area contributed by atoms with Crippen LogP contribution in [0.5, 0.6) is 0 Å². The minimum absolute atomic E-state index is 0.187. The maximum atomic E-state index is 11.6. The largest absolute Gasteiger partial charge is 0.430 e. The second-order valence-corrected chi connectivity index (χ2v) is 5.25. The number of hydrogen-bond acceptors (Lipinski definition) is 6. The van der Waals surface area contributed by atoms with E-state index in [0.717, 1.165) is 0 Å². The van der Waals surface area contributed by atoms with Gasteiger partial charge in [-0.05, 0) is 24.3 Å². The molecule has 6 heteroatoms. The van der Waals surface area contributed by atoms with Gasteiger partial charge < -0.3 is 19.7 Å². The maximum Gasteiger partial charge on any atom is 0.340 e. The van der Waals surface area contributed by atoms with Crippen LogP contribution in [0.1, 0.15) is 48.4 Å². The molecule has 2 N–H and O–H groups in total. The van der Waals surface area contributed by atoms with E-state index in [4.69, 9.17) is 9.47 Å². The zero-order valence-corrected chi connectivity index (χ0v) is 11.8. The molecule has 0 atom stereocenters. The molecule has 0 fully saturated rings. The van der Waals surface area contributed by atoms with Crippen molar-refractivity contribution in [3.63, 3.8) is 0 Å². The molecule has 0 heterocycles. The zero-order chi connectivity index (χ0) is 15.6. The summed E-state index contributed by atoms with van der Waals surface area (Å²) in [6.45, 7) is 5.33. The first kappa shape index (κ1) is 16.1. The Hall–Kier alpha value is -1.92. The van der Waals surface area contributed by atoms with Crippen LogP contribution in [0.2, 0.25) is 0 Å². The van der Waals surface area contributed by atoms with E-state index in [9.17, 15) is 19.8 Å². The summed E-state index contributed by atoms with van der Waals surface area (Å²) in [6.07, 6.45) is 0. The number of carbonyl (C=O) groups excluding carboxylic acids is 2. The van der Waals surface area contributed by atoms with Gasteiger partial charge in [-0.3, -0.25) is 0 Å². The molecular formula is C14H18O6. The molecule has 6 nitrogen and oxygen atoms in total. The number of ether oxygens (including phenoxy) is 2. The van der Waals surface area contributed by atoms with Gasteiger partial charge in [0.15, 0.2) is 0 Å². The lowest BCUT2D eigenvalue weighted by Gasteiger charge is -2.19. The van der Waals surface area contributed by atoms with E-state index in [0.29, 0.717) is 0 Å². The van der Waals surface area contributed by atoms with E-state index in [1.54, 1.807) is 0 Å². The Bertz CT molecular complexity index is 443. The van der Waals surface area contributed by atoms with Crippen LogP contribution in [0.15, 0.2) is 24.3 Å². The fourth-order valence-corrected chi connectivity index (χ4v) is 1.31. The maximum absolute atomic E-state index is 11.6. The summed E-state index contributed by atoms with van der Waals surface area (Å²) in [5, 5.41) is 18.7. The van der Waals surface area contributed by atoms with Crippen molar-refractivity contribution in [3.05, 3.63) is 35.4 Å². The van der Waals surface area contributed by atoms with Crippen LogP contribution in [-0.2, 0) is 9.47 Å². The molecular weight excluding hydrogens is 264 g/mol. The van der Waals surface area contributed by atoms with E-state index in [2.05, 4.69) is 0 Å². The van der Waals surface area contributed by atoms with Crippen molar-refractivity contribution in [3.8, 4) is 0 Å². The number of benzene rings is 1. The highest BCUT2D eigenvalue weighted by atomic mass is 16.7. The highest BCUT2D eigenvalue weighted by molar-refractivity contribution is 5.93. The number of carbonyl (C=O) groups is 2. The summed E-state index contributed by atoms with van der Waals surface area (Å²) in [5.74, 6) is -4.56. The summed E-state index contributed by atoms with van der Waals surface area (Å²) in [5.41, 5.74) is 0.374. The zero-order valence-electron chi connectivity index (χ0n) is 11.8. The van der Waals surface area contributed by atoms with Crippen LogP contribution >= 0.6 is 0 Å². The molecule has 0 aliphatic heterocycles. The van der Waals surface area contributed by atoms with E-state index in [1.165, 1.54) is 52.0 Å². The Morgan fingerprint density at radius 1 is 0.800 bits per heavy atom. The van der Waals surface area contributed by atoms with Crippen LogP contribution in [0, 0.1) is 0 Å². The van der Waals surface area contributed by atoms with E-state index >= 15 is 0 Å². The van der Waals surface area contributed by atoms with E-state index in [-0.39, 0.29) is 11.1 Å². The first-order valence-electron chi connectivity index (χ1n) is 5.99. The van der Waals surface area contributed by atoms with Crippen molar-refractivity contribution in [1.82, 2.24) is 0 Å². The molecule has 0 bridgehead atoms. The standard InChI is InChI=1S/C14H18O6/c1-13(2,17)19-11(15)9-5-7-10(8-6-9)12(16)20-14(3,4)18/h5-8,17-18H,1-4H3. The Balaban J connectivity index is 2.79. The number of esters is 2. The molecule has 20 heavy (non-hydrogen) atoms. The van der Waals surface area contributed by atoms with Crippen LogP contribution in [-0.4, -0.2) is 33.7 Å². The number of hydrogen-bond donors (Lipinski definition) is 2. The van der Waals surface area contributed by atoms with Gasteiger partial charge in [0.05, 0.1) is 11.1 Å². The van der Waals surface area contributed by atoms with Gasteiger partial charge in [0.25, 0.3) is 0 Å². The lowest BCUT2D eigenvalue weighted by molar-refractivity contribution is -0.138. The molecule has 0 aliphatic rings. The third-order valence-corrected chi connectivity index (χ3v) is 2.04. The van der Waals surface area contributed by atoms with Crippen LogP contribution in [0.25, 0.3) is 0 Å². The average Bonchev–Trinajstić information content (AvgIpc) is 2.24. The summed E-state index contributed by atoms with van der Waals surface area (Å²) >= 11 is 0. The van der Waals surface area contributed by atoms with Gasteiger partial charge in [-0.1, -0.05) is 0 Å². The topological polar surface area (TPSA) is 93.1 Å². The van der Waals surface area contributed by atoms with E-state index in [1.807, 2.05) is 0 Å². The molecule has 0 unspecified atom stereocenters. The van der Waals surface area contributed by atoms with E-state index < -0.39 is 23.5 Å². The third-order valence-electron chi connectivity index (χ3n) is 2.04. The van der Waals surface area contributed by atoms with Crippen molar-refractivity contribution in [2.24, 2.45) is 0 Å². The summed E-state index contributed by atoms with van der Waals surface area (Å²) < 4.78 is 9.53. The third kappa shape index (κ3) is 5.38. The number of rotatable bonds is 4. The van der Waals surface area contributed by atoms with Crippen LogP contribution < -0.4 is 0 Å². The molecule has 0 aromatic heterocycles. The fourth-order valence-electron chi connectivity index (χ4n) is 1.31. The fraction of sp³-hybridized carbons (Fsp3) is 0.429. The molecule has 0 aliphatic carbocycles. The average molecular weight is 282 g/mol. The molecule has 0 saturated heterocycles. The summed E-state index contributed by atoms with van der Waals surface area (Å²) in [6, 6.07) is 5.48. The van der Waals surface area contributed by atoms with Gasteiger partial charge in [-0.15, -0.1) is 0 Å². The molecule has 0 amide bonds. The van der Waals surface area contributed by atoms with Crippen LogP contribution in [0.4, 0.5) is 0 Å². The minimum Gasteiger partial charge on any atom is -0.430 e. The Morgan fingerprint density at radius 2 is 1.05 bits per heavy atom. The Labute approximate surface area is 116 Å². The van der Waals surface area contributed by atoms with Gasteiger partial charge in [-0.2, -0.15) is 0 Å². The summed E-state index contributed by atoms with van der Waals surface area (Å²) in [4.78, 5) is 23.3. The lowest BCUT2D eigenvalue weighted by atomic mass is 10.1. The predicted molar refractivity (Wildman–Crippen MR) is 69.9 cm³/mol. The monoisotopic (exact) mass is 282 g/mol. The predicted octanol–water partition coefficient (Wildman–Crippen LogP) is 1.46. The summed E-state index contributed by atoms with van der Waals surface area (Å²) in [7, 11) is 0. The van der Waals surface area contributed by atoms with Gasteiger partial charge in [0, 0.05) is 27.7 Å². The Kier molecular flexibility index (Phi) is 4.52. The molecule has 110 valence electrons. The second kappa shape index (κ2) is 5.60. The quantitative estimate of drug-likeness (QED) is 0.641. The molecule has 1 aromatic carbocycles. The molecule has 1 aromatic rings. The molecule has 0 radical (unpaired) electrons. The van der Waals surface area contributed by atoms with Crippen molar-refractivity contribution in [2.75, 3.05) is 0 Å². The van der Waals surface area contributed by atoms with Crippen molar-refractivity contribution in [1.29, 1.82) is 0 Å².